The van der Waals surface area contributed by atoms with Crippen molar-refractivity contribution in [2.45, 2.75) is 40.2 Å². The first-order valence-corrected chi connectivity index (χ1v) is 5.35. The lowest BCUT2D eigenvalue weighted by Crippen LogP contribution is -2.31. The first-order chi connectivity index (χ1) is 7.59. The fourth-order valence-corrected chi connectivity index (χ4v) is 0.856. The molecule has 0 fully saturated rings. The van der Waals surface area contributed by atoms with E-state index in [9.17, 15) is 14.4 Å². The second kappa shape index (κ2) is 8.69. The first kappa shape index (κ1) is 17.9. The van der Waals surface area contributed by atoms with Crippen molar-refractivity contribution in [3.63, 3.8) is 0 Å². The topological polar surface area (TPSA) is 118 Å². The molecule has 0 saturated carbocycles. The molecule has 17 heavy (non-hydrogen) atoms. The largest absolute Gasteiger partial charge is 0.480 e. The number of Topliss-reactive ketones (excluding diaryl/α,β-unsaturated/α-hetero) is 1. The second-order valence-corrected chi connectivity index (χ2v) is 4.40. The summed E-state index contributed by atoms with van der Waals surface area (Å²) in [5.74, 6) is -3.03. The Balaban J connectivity index is 0. The number of hydrogen-bond donors (Lipinski definition) is 3. The monoisotopic (exact) mass is 247 g/mol. The molecule has 100 valence electrons. The zero-order valence-electron chi connectivity index (χ0n) is 10.6. The van der Waals surface area contributed by atoms with Crippen LogP contribution in [0.2, 0.25) is 0 Å². The van der Waals surface area contributed by atoms with E-state index in [0.717, 1.165) is 0 Å². The average Bonchev–Trinajstić information content (AvgIpc) is 2.15. The lowest BCUT2D eigenvalue weighted by atomic mass is 10.1. The standard InChI is InChI=1S/C6H13NO2.C5H8O3/c1-4(2)3-5(7)6(8)9;1-3(2)4(6)5(7)8/h4-5H,3,7H2,1-2H3,(H,8,9);3H,1-2H3,(H,7,8). The zero-order chi connectivity index (χ0) is 14.2. The number of carbonyl (C=O) groups excluding carboxylic acids is 1. The molecule has 0 rings (SSSR count). The number of nitrogens with two attached hydrogens (primary N) is 1. The normalized spacial score (nSPS) is 11.7. The van der Waals surface area contributed by atoms with Crippen LogP contribution in [-0.2, 0) is 14.4 Å². The van der Waals surface area contributed by atoms with Gasteiger partial charge in [0.2, 0.25) is 5.78 Å². The highest BCUT2D eigenvalue weighted by atomic mass is 16.4. The molecule has 0 aromatic carbocycles. The lowest BCUT2D eigenvalue weighted by Gasteiger charge is -2.07. The molecule has 0 aliphatic heterocycles. The quantitative estimate of drug-likeness (QED) is 0.617. The van der Waals surface area contributed by atoms with Gasteiger partial charge in [0, 0.05) is 5.92 Å². The highest BCUT2D eigenvalue weighted by molar-refractivity contribution is 6.33. The summed E-state index contributed by atoms with van der Waals surface area (Å²) in [5, 5.41) is 16.3. The Hall–Kier alpha value is -1.43. The van der Waals surface area contributed by atoms with Gasteiger partial charge in [0.1, 0.15) is 6.04 Å². The van der Waals surface area contributed by atoms with Crippen LogP contribution in [0.15, 0.2) is 0 Å². The highest BCUT2D eigenvalue weighted by Crippen LogP contribution is 2.01. The van der Waals surface area contributed by atoms with Gasteiger partial charge in [-0.15, -0.1) is 0 Å². The molecule has 0 aliphatic rings. The molecular formula is C11H21NO5. The van der Waals surface area contributed by atoms with Crippen LogP contribution < -0.4 is 5.73 Å². The molecule has 1 unspecified atom stereocenters. The van der Waals surface area contributed by atoms with E-state index in [2.05, 4.69) is 0 Å². The average molecular weight is 247 g/mol. The predicted molar refractivity (Wildman–Crippen MR) is 62.5 cm³/mol. The maximum atomic E-state index is 10.2. The third kappa shape index (κ3) is 10.8. The molecule has 0 aromatic heterocycles. The Labute approximate surface area is 101 Å². The van der Waals surface area contributed by atoms with Gasteiger partial charge in [-0.2, -0.15) is 0 Å². The van der Waals surface area contributed by atoms with E-state index in [1.165, 1.54) is 0 Å². The van der Waals surface area contributed by atoms with Gasteiger partial charge in [-0.1, -0.05) is 27.7 Å². The van der Waals surface area contributed by atoms with Gasteiger partial charge < -0.3 is 15.9 Å². The summed E-state index contributed by atoms with van der Waals surface area (Å²) < 4.78 is 0. The number of carboxylic acids is 2. The lowest BCUT2D eigenvalue weighted by molar-refractivity contribution is -0.150. The molecule has 0 spiro atoms. The third-order valence-electron chi connectivity index (χ3n) is 1.78. The zero-order valence-corrected chi connectivity index (χ0v) is 10.6. The number of carbonyl (C=O) groups is 3. The van der Waals surface area contributed by atoms with Crippen molar-refractivity contribution in [2.24, 2.45) is 17.6 Å². The Morgan fingerprint density at radius 1 is 1.06 bits per heavy atom. The summed E-state index contributed by atoms with van der Waals surface area (Å²) in [6.45, 7) is 7.00. The van der Waals surface area contributed by atoms with Gasteiger partial charge in [-0.05, 0) is 12.3 Å². The molecule has 0 radical (unpaired) electrons. The van der Waals surface area contributed by atoms with E-state index in [-0.39, 0.29) is 0 Å². The Bertz CT molecular complexity index is 273. The fourth-order valence-electron chi connectivity index (χ4n) is 0.856. The van der Waals surface area contributed by atoms with Crippen molar-refractivity contribution >= 4 is 17.7 Å². The van der Waals surface area contributed by atoms with Gasteiger partial charge in [0.25, 0.3) is 0 Å². The molecule has 0 saturated heterocycles. The van der Waals surface area contributed by atoms with E-state index < -0.39 is 29.7 Å². The number of hydrogen-bond acceptors (Lipinski definition) is 4. The number of aliphatic carboxylic acids is 2. The molecule has 0 aromatic rings. The van der Waals surface area contributed by atoms with Gasteiger partial charge in [0.05, 0.1) is 0 Å². The summed E-state index contributed by atoms with van der Waals surface area (Å²) in [4.78, 5) is 30.1. The van der Waals surface area contributed by atoms with Crippen LogP contribution in [0.1, 0.15) is 34.1 Å². The molecule has 6 nitrogen and oxygen atoms in total. The van der Waals surface area contributed by atoms with Crippen molar-refractivity contribution in [3.05, 3.63) is 0 Å². The van der Waals surface area contributed by atoms with Gasteiger partial charge in [-0.25, -0.2) is 4.79 Å². The smallest absolute Gasteiger partial charge is 0.372 e. The van der Waals surface area contributed by atoms with Crippen LogP contribution in [0.5, 0.6) is 0 Å². The van der Waals surface area contributed by atoms with E-state index in [4.69, 9.17) is 15.9 Å². The molecule has 0 bridgehead atoms. The third-order valence-corrected chi connectivity index (χ3v) is 1.78. The van der Waals surface area contributed by atoms with E-state index in [1.807, 2.05) is 13.8 Å². The van der Waals surface area contributed by atoms with Crippen LogP contribution >= 0.6 is 0 Å². The predicted octanol–water partition coefficient (Wildman–Crippen LogP) is 0.741. The number of rotatable bonds is 5. The number of ketones is 1. The van der Waals surface area contributed by atoms with Gasteiger partial charge in [0.15, 0.2) is 0 Å². The van der Waals surface area contributed by atoms with Gasteiger partial charge >= 0.3 is 11.9 Å². The fraction of sp³-hybridized carbons (Fsp3) is 0.727. The van der Waals surface area contributed by atoms with Crippen molar-refractivity contribution in [2.75, 3.05) is 0 Å². The van der Waals surface area contributed by atoms with Crippen LogP contribution in [0, 0.1) is 11.8 Å². The van der Waals surface area contributed by atoms with Crippen LogP contribution in [0.25, 0.3) is 0 Å². The van der Waals surface area contributed by atoms with Crippen molar-refractivity contribution in [1.29, 1.82) is 0 Å². The summed E-state index contributed by atoms with van der Waals surface area (Å²) in [7, 11) is 0. The SMILES string of the molecule is CC(C)C(=O)C(=O)O.CC(C)CC(N)C(=O)O. The second-order valence-electron chi connectivity index (χ2n) is 4.40. The molecule has 4 N–H and O–H groups in total. The molecule has 6 heteroatoms. The minimum absolute atomic E-state index is 0.357. The maximum Gasteiger partial charge on any atom is 0.372 e. The Morgan fingerprint density at radius 2 is 1.47 bits per heavy atom. The van der Waals surface area contributed by atoms with Crippen molar-refractivity contribution < 1.29 is 24.6 Å². The minimum Gasteiger partial charge on any atom is -0.480 e. The summed E-state index contributed by atoms with van der Waals surface area (Å²) >= 11 is 0. The van der Waals surface area contributed by atoms with Crippen LogP contribution in [0.3, 0.4) is 0 Å². The first-order valence-electron chi connectivity index (χ1n) is 5.35. The summed E-state index contributed by atoms with van der Waals surface area (Å²) in [6.07, 6.45) is 0.551. The molecule has 0 aliphatic carbocycles. The van der Waals surface area contributed by atoms with E-state index in [1.54, 1.807) is 13.8 Å². The molecule has 0 amide bonds. The minimum atomic E-state index is -1.35. The molecular weight excluding hydrogens is 226 g/mol. The van der Waals surface area contributed by atoms with Crippen molar-refractivity contribution in [3.8, 4) is 0 Å². The van der Waals surface area contributed by atoms with Gasteiger partial charge in [-0.3, -0.25) is 9.59 Å². The van der Waals surface area contributed by atoms with E-state index >= 15 is 0 Å². The Kier molecular flexibility index (Phi) is 9.18. The number of carboxylic acid groups (broad SMARTS) is 2. The maximum absolute atomic E-state index is 10.2. The van der Waals surface area contributed by atoms with Crippen LogP contribution in [-0.4, -0.2) is 34.0 Å². The summed E-state index contributed by atoms with van der Waals surface area (Å²) in [6, 6.07) is -0.690. The van der Waals surface area contributed by atoms with Crippen LogP contribution in [0.4, 0.5) is 0 Å². The van der Waals surface area contributed by atoms with E-state index in [0.29, 0.717) is 12.3 Å². The molecule has 0 heterocycles. The summed E-state index contributed by atoms with van der Waals surface area (Å²) in [5.41, 5.74) is 5.22. The Morgan fingerprint density at radius 3 is 1.53 bits per heavy atom. The highest BCUT2D eigenvalue weighted by Gasteiger charge is 2.14. The molecule has 1 atom stereocenters. The van der Waals surface area contributed by atoms with Crippen molar-refractivity contribution in [1.82, 2.24) is 0 Å².